The molecule has 0 amide bonds. The van der Waals surface area contributed by atoms with Gasteiger partial charge in [0.25, 0.3) is 0 Å². The van der Waals surface area contributed by atoms with E-state index < -0.39 is 62.3 Å². The Balaban J connectivity index is 1.86. The molecule has 1 fully saturated rings. The molecule has 1 aliphatic heterocycles. The molecule has 3 rings (SSSR count). The first kappa shape index (κ1) is 29.5. The number of esters is 1. The van der Waals surface area contributed by atoms with Crippen LogP contribution in [0.15, 0.2) is 41.3 Å². The van der Waals surface area contributed by atoms with Crippen molar-refractivity contribution in [3.63, 3.8) is 0 Å². The molecule has 2 aromatic rings. The first-order valence-corrected chi connectivity index (χ1v) is 13.0. The Kier molecular flexibility index (Phi) is 9.50. The van der Waals surface area contributed by atoms with Gasteiger partial charge in [0.15, 0.2) is 12.3 Å². The zero-order chi connectivity index (χ0) is 28.1. The Morgan fingerprint density at radius 1 is 1.34 bits per heavy atom. The number of rotatable bonds is 10. The number of hydrogen-bond acceptors (Lipinski definition) is 13. The van der Waals surface area contributed by atoms with Crippen LogP contribution in [0.3, 0.4) is 0 Å². The van der Waals surface area contributed by atoms with Gasteiger partial charge in [0.2, 0.25) is 5.60 Å². The number of benzene rings is 1. The van der Waals surface area contributed by atoms with E-state index in [1.54, 1.807) is 32.0 Å². The molecular weight excluding hydrogens is 547 g/mol. The summed E-state index contributed by atoms with van der Waals surface area (Å²) in [5, 5.41) is 27.6. The lowest BCUT2D eigenvalue weighted by atomic mass is 9.95. The molecule has 14 nitrogen and oxygen atoms in total. The Morgan fingerprint density at radius 2 is 2.03 bits per heavy atom. The van der Waals surface area contributed by atoms with Crippen LogP contribution in [0.1, 0.15) is 27.0 Å². The zero-order valence-corrected chi connectivity index (χ0v) is 22.1. The molecule has 4 N–H and O–H groups in total. The number of phosphoric ester groups is 1. The molecule has 0 radical (unpaired) electrons. The van der Waals surface area contributed by atoms with Crippen molar-refractivity contribution in [3.05, 3.63) is 47.0 Å². The fourth-order valence-electron chi connectivity index (χ4n) is 3.30. The van der Waals surface area contributed by atoms with Gasteiger partial charge in [-0.1, -0.05) is 18.2 Å². The van der Waals surface area contributed by atoms with Gasteiger partial charge < -0.3 is 29.9 Å². The quantitative estimate of drug-likeness (QED) is 0.207. The molecule has 2 heterocycles. The van der Waals surface area contributed by atoms with Crippen LogP contribution in [-0.4, -0.2) is 67.6 Å². The number of ether oxygens (including phenoxy) is 2. The minimum Gasteiger partial charge on any atom is -0.461 e. The molecule has 1 aromatic heterocycles. The predicted molar refractivity (Wildman–Crippen MR) is 132 cm³/mol. The highest BCUT2D eigenvalue weighted by molar-refractivity contribution is 7.49. The average Bonchev–Trinajstić information content (AvgIpc) is 3.08. The molecule has 206 valence electrons. The van der Waals surface area contributed by atoms with Crippen molar-refractivity contribution in [2.45, 2.75) is 57.0 Å². The van der Waals surface area contributed by atoms with Crippen LogP contribution in [0.2, 0.25) is 0 Å². The lowest BCUT2D eigenvalue weighted by molar-refractivity contribution is -0.156. The smallest absolute Gasteiger partial charge is 0.461 e. The van der Waals surface area contributed by atoms with E-state index in [9.17, 15) is 24.4 Å². The minimum atomic E-state index is -4.59. The summed E-state index contributed by atoms with van der Waals surface area (Å²) in [7, 11) is -4.59. The van der Waals surface area contributed by atoms with E-state index in [0.717, 1.165) is 6.20 Å². The predicted octanol–water partition coefficient (Wildman–Crippen LogP) is 0.970. The summed E-state index contributed by atoms with van der Waals surface area (Å²) in [6, 6.07) is 7.82. The van der Waals surface area contributed by atoms with Crippen LogP contribution in [0.5, 0.6) is 5.75 Å². The van der Waals surface area contributed by atoms with Gasteiger partial charge in [-0.05, 0) is 50.4 Å². The molecular formula is C22H26ClN4O10P. The van der Waals surface area contributed by atoms with Gasteiger partial charge in [-0.25, -0.2) is 14.2 Å². The highest BCUT2D eigenvalue weighted by Crippen LogP contribution is 2.51. The van der Waals surface area contributed by atoms with E-state index in [-0.39, 0.29) is 11.6 Å². The van der Waals surface area contributed by atoms with Gasteiger partial charge in [0, 0.05) is 5.38 Å². The van der Waals surface area contributed by atoms with E-state index in [1.807, 2.05) is 5.38 Å². The van der Waals surface area contributed by atoms with Crippen molar-refractivity contribution in [2.75, 3.05) is 12.3 Å². The van der Waals surface area contributed by atoms with Crippen molar-refractivity contribution in [3.8, 4) is 17.0 Å². The van der Waals surface area contributed by atoms with Gasteiger partial charge in [-0.3, -0.25) is 9.05 Å². The number of para-hydroxylation sites is 1. The summed E-state index contributed by atoms with van der Waals surface area (Å²) in [6.45, 7) is 3.81. The number of phosphoric acid groups is 1. The lowest BCUT2D eigenvalue weighted by Crippen LogP contribution is -2.48. The SMILES string of the molecule is CC(C)OC(=O)[C@H](C)O[P@](=O)(OC[C@H]1O[C@@H](n2ncc(N)nc2=O)C(O)(C#CCl)[C@H]1O)Oc1ccccc1. The lowest BCUT2D eigenvalue weighted by Gasteiger charge is -2.25. The van der Waals surface area contributed by atoms with Gasteiger partial charge in [-0.2, -0.15) is 14.8 Å². The average molecular weight is 573 g/mol. The fraction of sp³-hybridized carbons (Fsp3) is 0.455. The fourth-order valence-corrected chi connectivity index (χ4v) is 4.79. The van der Waals surface area contributed by atoms with E-state index in [2.05, 4.69) is 16.0 Å². The molecule has 1 aromatic carbocycles. The summed E-state index contributed by atoms with van der Waals surface area (Å²) < 4.78 is 41.0. The van der Waals surface area contributed by atoms with Crippen LogP contribution < -0.4 is 15.9 Å². The van der Waals surface area contributed by atoms with Crippen molar-refractivity contribution in [1.29, 1.82) is 0 Å². The number of halogens is 1. The summed E-state index contributed by atoms with van der Waals surface area (Å²) in [4.78, 5) is 28.1. The number of carbonyl (C=O) groups excluding carboxylic acids is 1. The topological polar surface area (TPSA) is 195 Å². The molecule has 6 atom stereocenters. The van der Waals surface area contributed by atoms with Crippen LogP contribution >= 0.6 is 19.4 Å². The van der Waals surface area contributed by atoms with E-state index in [0.29, 0.717) is 4.68 Å². The maximum absolute atomic E-state index is 13.6. The first-order chi connectivity index (χ1) is 17.9. The normalized spacial score (nSPS) is 25.2. The van der Waals surface area contributed by atoms with E-state index >= 15 is 0 Å². The number of nitrogens with two attached hydrogens (primary N) is 1. The summed E-state index contributed by atoms with van der Waals surface area (Å²) in [5.74, 6) is 1.24. The second-order valence-electron chi connectivity index (χ2n) is 8.31. The molecule has 1 unspecified atom stereocenters. The maximum Gasteiger partial charge on any atom is 0.530 e. The minimum absolute atomic E-state index is 0.0826. The highest BCUT2D eigenvalue weighted by atomic mass is 35.5. The number of nitrogens with zero attached hydrogens (tertiary/aromatic N) is 3. The van der Waals surface area contributed by atoms with E-state index in [1.165, 1.54) is 19.1 Å². The summed E-state index contributed by atoms with van der Waals surface area (Å²) >= 11 is 5.47. The second-order valence-corrected chi connectivity index (χ2v) is 10.0. The standard InChI is InChI=1S/C22H26ClN4O10P/c1-13(2)34-19(29)14(3)36-38(32,37-15-7-5-4-6-8-15)33-12-16-18(28)22(31,9-10-23)20(35-16)27-21(30)26-17(24)11-25-27/h4-8,11,13-14,16,18,20,28,31H,12H2,1-3H3,(H2,24,26,30)/t14-,16+,18-,20+,22?,38-/m0/s1. The number of hydrogen-bond donors (Lipinski definition) is 3. The molecule has 1 aliphatic rings. The number of anilines is 1. The van der Waals surface area contributed by atoms with Gasteiger partial charge in [0.1, 0.15) is 23.8 Å². The van der Waals surface area contributed by atoms with Gasteiger partial charge in [-0.15, -0.1) is 0 Å². The van der Waals surface area contributed by atoms with Crippen LogP contribution in [0.4, 0.5) is 5.82 Å². The van der Waals surface area contributed by atoms with Crippen molar-refractivity contribution in [1.82, 2.24) is 14.8 Å². The summed E-state index contributed by atoms with van der Waals surface area (Å²) in [5.41, 5.74) is 1.97. The van der Waals surface area contributed by atoms with Crippen LogP contribution in [-0.2, 0) is 27.9 Å². The van der Waals surface area contributed by atoms with E-state index in [4.69, 9.17) is 40.4 Å². The third-order valence-corrected chi connectivity index (χ3v) is 6.58. The molecule has 0 aliphatic carbocycles. The Hall–Kier alpha value is -3.02. The Morgan fingerprint density at radius 3 is 2.63 bits per heavy atom. The van der Waals surface area contributed by atoms with Gasteiger partial charge in [0.05, 0.1) is 18.9 Å². The van der Waals surface area contributed by atoms with Crippen molar-refractivity contribution >= 4 is 31.2 Å². The van der Waals surface area contributed by atoms with Crippen molar-refractivity contribution < 1.29 is 42.6 Å². The Bertz CT molecular complexity index is 1300. The largest absolute Gasteiger partial charge is 0.530 e. The number of nitrogen functional groups attached to an aromatic ring is 1. The third kappa shape index (κ3) is 6.89. The Labute approximate surface area is 222 Å². The number of aliphatic hydroxyl groups excluding tert-OH is 1. The monoisotopic (exact) mass is 572 g/mol. The maximum atomic E-state index is 13.6. The highest BCUT2D eigenvalue weighted by Gasteiger charge is 2.57. The zero-order valence-electron chi connectivity index (χ0n) is 20.5. The van der Waals surface area contributed by atoms with Crippen molar-refractivity contribution in [2.24, 2.45) is 0 Å². The molecule has 38 heavy (non-hydrogen) atoms. The number of carbonyl (C=O) groups is 1. The molecule has 1 saturated heterocycles. The van der Waals surface area contributed by atoms with Crippen LogP contribution in [0.25, 0.3) is 0 Å². The molecule has 0 saturated carbocycles. The summed E-state index contributed by atoms with van der Waals surface area (Å²) in [6.07, 6.45) is -5.88. The molecule has 0 bridgehead atoms. The second kappa shape index (κ2) is 12.2. The molecule has 16 heteroatoms. The van der Waals surface area contributed by atoms with Crippen LogP contribution in [0, 0.1) is 11.3 Å². The van der Waals surface area contributed by atoms with Gasteiger partial charge >= 0.3 is 19.5 Å². The number of aliphatic hydroxyl groups is 2. The third-order valence-electron chi connectivity index (χ3n) is 5.02. The number of aromatic nitrogens is 3. The first-order valence-electron chi connectivity index (χ1n) is 11.2. The molecule has 0 spiro atoms.